The fraction of sp³-hybridized carbons (Fsp3) is 0.429. The molecule has 2 heterocycles. The number of benzene rings is 1. The summed E-state index contributed by atoms with van der Waals surface area (Å²) in [7, 11) is 0. The van der Waals surface area contributed by atoms with Crippen molar-refractivity contribution >= 4 is 5.91 Å². The van der Waals surface area contributed by atoms with E-state index in [-0.39, 0.29) is 5.91 Å². The van der Waals surface area contributed by atoms with Gasteiger partial charge in [-0.1, -0.05) is 18.2 Å². The smallest absolute Gasteiger partial charge is 0.217 e. The van der Waals surface area contributed by atoms with Crippen LogP contribution in [0, 0.1) is 0 Å². The van der Waals surface area contributed by atoms with Gasteiger partial charge in [-0.25, -0.2) is 0 Å². The number of nitrogens with one attached hydrogen (secondary N) is 1. The predicted octanol–water partition coefficient (Wildman–Crippen LogP) is 3.45. The van der Waals surface area contributed by atoms with Crippen LogP contribution in [0.4, 0.5) is 0 Å². The summed E-state index contributed by atoms with van der Waals surface area (Å²) < 4.78 is 5.78. The van der Waals surface area contributed by atoms with Gasteiger partial charge < -0.3 is 10.1 Å². The lowest BCUT2D eigenvalue weighted by Crippen LogP contribution is -2.24. The highest BCUT2D eigenvalue weighted by atomic mass is 16.5. The topological polar surface area (TPSA) is 54.5 Å². The van der Waals surface area contributed by atoms with Gasteiger partial charge in [0.05, 0.1) is 18.8 Å². The number of para-hydroxylation sites is 1. The van der Waals surface area contributed by atoms with E-state index in [1.165, 1.54) is 24.5 Å². The molecule has 0 saturated carbocycles. The Morgan fingerprint density at radius 1 is 1.35 bits per heavy atom. The molecule has 1 N–H and O–H groups in total. The molecule has 5 nitrogen and oxygen atoms in total. The highest BCUT2D eigenvalue weighted by molar-refractivity contribution is 5.72. The van der Waals surface area contributed by atoms with Crippen LogP contribution in [0.2, 0.25) is 0 Å². The van der Waals surface area contributed by atoms with Crippen molar-refractivity contribution in [2.75, 3.05) is 13.2 Å². The Morgan fingerprint density at radius 3 is 3.00 bits per heavy atom. The van der Waals surface area contributed by atoms with E-state index in [0.717, 1.165) is 31.0 Å². The van der Waals surface area contributed by atoms with Crippen LogP contribution >= 0.6 is 0 Å². The van der Waals surface area contributed by atoms with Crippen molar-refractivity contribution < 1.29 is 9.53 Å². The van der Waals surface area contributed by atoms with E-state index in [2.05, 4.69) is 39.5 Å². The number of carbonyl (C=O) groups is 1. The van der Waals surface area contributed by atoms with E-state index >= 15 is 0 Å². The minimum Gasteiger partial charge on any atom is -0.494 e. The van der Waals surface area contributed by atoms with Crippen molar-refractivity contribution in [1.29, 1.82) is 0 Å². The Balaban J connectivity index is 1.74. The van der Waals surface area contributed by atoms with Crippen LogP contribution in [0.25, 0.3) is 0 Å². The minimum absolute atomic E-state index is 0.0350. The van der Waals surface area contributed by atoms with Gasteiger partial charge in [0.2, 0.25) is 5.91 Å². The molecule has 1 saturated heterocycles. The van der Waals surface area contributed by atoms with Gasteiger partial charge in [0.25, 0.3) is 0 Å². The van der Waals surface area contributed by atoms with Gasteiger partial charge in [0, 0.05) is 31.3 Å². The van der Waals surface area contributed by atoms with Gasteiger partial charge in [0.1, 0.15) is 5.75 Å². The molecule has 3 rings (SSSR count). The zero-order valence-corrected chi connectivity index (χ0v) is 15.6. The Morgan fingerprint density at radius 2 is 2.19 bits per heavy atom. The van der Waals surface area contributed by atoms with Gasteiger partial charge in [-0.3, -0.25) is 14.7 Å². The summed E-state index contributed by atoms with van der Waals surface area (Å²) in [5, 5.41) is 2.82. The molecule has 1 aliphatic rings. The van der Waals surface area contributed by atoms with Crippen LogP contribution in [-0.4, -0.2) is 28.9 Å². The van der Waals surface area contributed by atoms with Crippen LogP contribution < -0.4 is 10.1 Å². The number of likely N-dealkylation sites (tertiary alicyclic amines) is 1. The summed E-state index contributed by atoms with van der Waals surface area (Å²) in [5.74, 6) is 0.939. The van der Waals surface area contributed by atoms with E-state index in [4.69, 9.17) is 4.74 Å². The van der Waals surface area contributed by atoms with Crippen LogP contribution in [0.5, 0.6) is 5.75 Å². The first kappa shape index (κ1) is 18.4. The van der Waals surface area contributed by atoms with Crippen molar-refractivity contribution in [3.05, 3.63) is 59.4 Å². The van der Waals surface area contributed by atoms with Crippen molar-refractivity contribution in [3.63, 3.8) is 0 Å². The lowest BCUT2D eigenvalue weighted by atomic mass is 10.0. The third-order valence-corrected chi connectivity index (χ3v) is 4.75. The number of aromatic nitrogens is 1. The average molecular weight is 353 g/mol. The van der Waals surface area contributed by atoms with Gasteiger partial charge >= 0.3 is 0 Å². The number of hydrogen-bond donors (Lipinski definition) is 1. The number of carbonyl (C=O) groups excluding carboxylic acids is 1. The fourth-order valence-corrected chi connectivity index (χ4v) is 3.56. The molecule has 1 aliphatic heterocycles. The van der Waals surface area contributed by atoms with E-state index in [9.17, 15) is 4.79 Å². The number of amides is 1. The summed E-state index contributed by atoms with van der Waals surface area (Å²) in [5.41, 5.74) is 3.40. The Bertz CT molecular complexity index is 748. The lowest BCUT2D eigenvalue weighted by molar-refractivity contribution is -0.119. The Kier molecular flexibility index (Phi) is 6.23. The quantitative estimate of drug-likeness (QED) is 0.828. The summed E-state index contributed by atoms with van der Waals surface area (Å²) in [4.78, 5) is 18.0. The SMILES string of the molecule is CCOc1ccccc1CN1CCCC1c1ccnc(CNC(C)=O)c1. The maximum Gasteiger partial charge on any atom is 0.217 e. The van der Waals surface area contributed by atoms with Crippen molar-refractivity contribution in [2.45, 2.75) is 45.8 Å². The molecule has 1 aromatic heterocycles. The monoisotopic (exact) mass is 353 g/mol. The minimum atomic E-state index is -0.0350. The number of ether oxygens (including phenoxy) is 1. The Hall–Kier alpha value is -2.40. The molecule has 138 valence electrons. The molecule has 1 amide bonds. The van der Waals surface area contributed by atoms with Crippen molar-refractivity contribution in [2.24, 2.45) is 0 Å². The maximum absolute atomic E-state index is 11.1. The van der Waals surface area contributed by atoms with Gasteiger partial charge in [-0.2, -0.15) is 0 Å². The molecule has 2 aromatic rings. The van der Waals surface area contributed by atoms with Gasteiger partial charge in [0.15, 0.2) is 0 Å². The zero-order chi connectivity index (χ0) is 18.4. The molecule has 1 fully saturated rings. The molecular weight excluding hydrogens is 326 g/mol. The summed E-state index contributed by atoms with van der Waals surface area (Å²) in [6.07, 6.45) is 4.17. The molecular formula is C21H27N3O2. The second kappa shape index (κ2) is 8.81. The third-order valence-electron chi connectivity index (χ3n) is 4.75. The summed E-state index contributed by atoms with van der Waals surface area (Å²) in [6, 6.07) is 12.9. The number of pyridine rings is 1. The molecule has 0 spiro atoms. The number of hydrogen-bond acceptors (Lipinski definition) is 4. The fourth-order valence-electron chi connectivity index (χ4n) is 3.56. The summed E-state index contributed by atoms with van der Waals surface area (Å²) >= 11 is 0. The molecule has 1 aromatic carbocycles. The lowest BCUT2D eigenvalue weighted by Gasteiger charge is -2.26. The van der Waals surface area contributed by atoms with Crippen molar-refractivity contribution in [1.82, 2.24) is 15.2 Å². The predicted molar refractivity (Wildman–Crippen MR) is 102 cm³/mol. The van der Waals surface area contributed by atoms with Crippen LogP contribution in [0.15, 0.2) is 42.6 Å². The molecule has 5 heteroatoms. The van der Waals surface area contributed by atoms with Gasteiger partial charge in [-0.15, -0.1) is 0 Å². The number of nitrogens with zero attached hydrogens (tertiary/aromatic N) is 2. The largest absolute Gasteiger partial charge is 0.494 e. The highest BCUT2D eigenvalue weighted by Crippen LogP contribution is 2.34. The van der Waals surface area contributed by atoms with Crippen LogP contribution in [-0.2, 0) is 17.9 Å². The normalized spacial score (nSPS) is 17.2. The van der Waals surface area contributed by atoms with E-state index < -0.39 is 0 Å². The van der Waals surface area contributed by atoms with Gasteiger partial charge in [-0.05, 0) is 50.1 Å². The Labute approximate surface area is 155 Å². The van der Waals surface area contributed by atoms with Crippen LogP contribution in [0.1, 0.15) is 49.6 Å². The van der Waals surface area contributed by atoms with E-state index in [1.54, 1.807) is 0 Å². The first-order valence-corrected chi connectivity index (χ1v) is 9.31. The zero-order valence-electron chi connectivity index (χ0n) is 15.6. The van der Waals surface area contributed by atoms with Crippen molar-refractivity contribution in [3.8, 4) is 5.75 Å². The number of rotatable bonds is 7. The molecule has 0 bridgehead atoms. The molecule has 1 atom stereocenters. The maximum atomic E-state index is 11.1. The van der Waals surface area contributed by atoms with E-state index in [0.29, 0.717) is 19.2 Å². The second-order valence-electron chi connectivity index (χ2n) is 6.66. The van der Waals surface area contributed by atoms with E-state index in [1.807, 2.05) is 25.3 Å². The highest BCUT2D eigenvalue weighted by Gasteiger charge is 2.27. The second-order valence-corrected chi connectivity index (χ2v) is 6.66. The standard InChI is InChI=1S/C21H27N3O2/c1-3-26-21-9-5-4-7-18(21)15-24-12-6-8-20(24)17-10-11-22-19(13-17)14-23-16(2)25/h4-5,7,9-11,13,20H,3,6,8,12,14-15H2,1-2H3,(H,23,25). The van der Waals surface area contributed by atoms with Crippen LogP contribution in [0.3, 0.4) is 0 Å². The average Bonchev–Trinajstić information content (AvgIpc) is 3.10. The molecule has 1 unspecified atom stereocenters. The first-order valence-electron chi connectivity index (χ1n) is 9.31. The molecule has 0 aliphatic carbocycles. The first-order chi connectivity index (χ1) is 12.7. The third kappa shape index (κ3) is 4.61. The molecule has 26 heavy (non-hydrogen) atoms. The molecule has 0 radical (unpaired) electrons. The summed E-state index contributed by atoms with van der Waals surface area (Å²) in [6.45, 7) is 6.65.